The number of methoxy groups -OCH3 is 1. The van der Waals surface area contributed by atoms with Crippen molar-refractivity contribution in [3.8, 4) is 11.5 Å². The third kappa shape index (κ3) is 2.40. The molecule has 144 valence electrons. The summed E-state index contributed by atoms with van der Waals surface area (Å²) in [5.74, 6) is -1.61. The molecule has 2 aromatic rings. The number of phenolic OH excluding ortho intramolecular Hbond substituents is 1. The zero-order valence-electron chi connectivity index (χ0n) is 15.3. The van der Waals surface area contributed by atoms with Gasteiger partial charge in [-0.2, -0.15) is 0 Å². The van der Waals surface area contributed by atoms with Crippen LogP contribution in [0.3, 0.4) is 0 Å². The predicted molar refractivity (Wildman–Crippen MR) is 96.9 cm³/mol. The molecule has 0 spiro atoms. The van der Waals surface area contributed by atoms with Crippen LogP contribution in [0.4, 0.5) is 0 Å². The molecule has 0 saturated heterocycles. The molecule has 0 radical (unpaired) electrons. The summed E-state index contributed by atoms with van der Waals surface area (Å²) in [6, 6.07) is 5.84. The fourth-order valence-corrected chi connectivity index (χ4v) is 4.06. The zero-order chi connectivity index (χ0) is 20.4. The van der Waals surface area contributed by atoms with Crippen molar-refractivity contribution < 1.29 is 34.4 Å². The topological polar surface area (TPSA) is 121 Å². The number of aliphatic hydroxyl groups excluding tert-OH is 1. The first kappa shape index (κ1) is 18.3. The highest BCUT2D eigenvalue weighted by Crippen LogP contribution is 2.45. The minimum Gasteiger partial charge on any atom is -0.507 e. The van der Waals surface area contributed by atoms with Crippen molar-refractivity contribution in [3.63, 3.8) is 0 Å². The lowest BCUT2D eigenvalue weighted by atomic mass is 9.73. The van der Waals surface area contributed by atoms with E-state index in [0.29, 0.717) is 5.75 Å². The Morgan fingerprint density at radius 3 is 2.50 bits per heavy atom. The summed E-state index contributed by atoms with van der Waals surface area (Å²) in [4.78, 5) is 37.8. The van der Waals surface area contributed by atoms with E-state index in [4.69, 9.17) is 4.74 Å². The van der Waals surface area contributed by atoms with E-state index in [1.54, 1.807) is 6.07 Å². The molecule has 0 bridgehead atoms. The molecule has 2 aliphatic carbocycles. The minimum absolute atomic E-state index is 0.0259. The Bertz CT molecular complexity index is 1070. The third-order valence-corrected chi connectivity index (χ3v) is 5.62. The van der Waals surface area contributed by atoms with Crippen molar-refractivity contribution in [1.29, 1.82) is 0 Å². The summed E-state index contributed by atoms with van der Waals surface area (Å²) in [5, 5.41) is 31.8. The first-order chi connectivity index (χ1) is 13.2. The summed E-state index contributed by atoms with van der Waals surface area (Å²) in [5.41, 5.74) is -1.37. The van der Waals surface area contributed by atoms with Crippen molar-refractivity contribution in [2.75, 3.05) is 7.11 Å². The van der Waals surface area contributed by atoms with E-state index in [0.717, 1.165) is 0 Å². The SMILES string of the molecule is COc1ccc2c(c1)C(=O)c1cc3c(c(O)c1C2=O)[C@@H](O)C[C@@](O)(C(C)=O)C3. The summed E-state index contributed by atoms with van der Waals surface area (Å²) >= 11 is 0. The molecule has 2 aliphatic rings. The van der Waals surface area contributed by atoms with Gasteiger partial charge >= 0.3 is 0 Å². The van der Waals surface area contributed by atoms with Gasteiger partial charge in [0, 0.05) is 35.1 Å². The van der Waals surface area contributed by atoms with Crippen LogP contribution < -0.4 is 4.74 Å². The van der Waals surface area contributed by atoms with Gasteiger partial charge in [0.2, 0.25) is 0 Å². The number of hydrogen-bond acceptors (Lipinski definition) is 7. The molecule has 7 heteroatoms. The number of fused-ring (bicyclic) bond motifs is 3. The number of aromatic hydroxyl groups is 1. The van der Waals surface area contributed by atoms with Gasteiger partial charge in [0.1, 0.15) is 17.1 Å². The summed E-state index contributed by atoms with van der Waals surface area (Å²) in [6.45, 7) is 1.22. The average molecular weight is 382 g/mol. The summed E-state index contributed by atoms with van der Waals surface area (Å²) < 4.78 is 5.12. The number of rotatable bonds is 2. The monoisotopic (exact) mass is 382 g/mol. The van der Waals surface area contributed by atoms with Crippen LogP contribution >= 0.6 is 0 Å². The summed E-state index contributed by atoms with van der Waals surface area (Å²) in [6.07, 6.45) is -1.80. The first-order valence-electron chi connectivity index (χ1n) is 8.75. The molecule has 2 aromatic carbocycles. The number of ether oxygens (including phenoxy) is 1. The van der Waals surface area contributed by atoms with Gasteiger partial charge in [-0.25, -0.2) is 0 Å². The minimum atomic E-state index is -1.80. The van der Waals surface area contributed by atoms with Crippen LogP contribution in [-0.4, -0.2) is 45.4 Å². The number of benzene rings is 2. The molecule has 0 unspecified atom stereocenters. The van der Waals surface area contributed by atoms with Crippen LogP contribution in [0.15, 0.2) is 24.3 Å². The molecule has 0 amide bonds. The zero-order valence-corrected chi connectivity index (χ0v) is 15.3. The van der Waals surface area contributed by atoms with E-state index >= 15 is 0 Å². The Balaban J connectivity index is 1.94. The van der Waals surface area contributed by atoms with E-state index in [1.807, 2.05) is 0 Å². The van der Waals surface area contributed by atoms with E-state index in [2.05, 4.69) is 0 Å². The fourth-order valence-electron chi connectivity index (χ4n) is 4.06. The van der Waals surface area contributed by atoms with Crippen LogP contribution in [0.25, 0.3) is 0 Å². The Kier molecular flexibility index (Phi) is 3.92. The number of hydrogen-bond donors (Lipinski definition) is 3. The van der Waals surface area contributed by atoms with Crippen molar-refractivity contribution in [3.05, 3.63) is 57.6 Å². The van der Waals surface area contributed by atoms with Crippen LogP contribution in [0, 0.1) is 0 Å². The van der Waals surface area contributed by atoms with Crippen LogP contribution in [0.1, 0.15) is 62.4 Å². The van der Waals surface area contributed by atoms with Gasteiger partial charge in [-0.15, -0.1) is 0 Å². The molecular formula is C21H18O7. The Labute approximate surface area is 160 Å². The number of phenols is 1. The van der Waals surface area contributed by atoms with Gasteiger partial charge < -0.3 is 20.1 Å². The van der Waals surface area contributed by atoms with E-state index in [1.165, 1.54) is 32.2 Å². The van der Waals surface area contributed by atoms with E-state index < -0.39 is 34.8 Å². The lowest BCUT2D eigenvalue weighted by molar-refractivity contribution is -0.139. The number of carbonyl (C=O) groups is 3. The van der Waals surface area contributed by atoms with Gasteiger partial charge in [-0.05, 0) is 36.8 Å². The standard InChI is InChI=1S/C21H18O7/c1-9(22)21(27)7-10-5-14-17(20(26)16(10)15(23)8-21)19(25)12-4-3-11(28-2)6-13(12)18(14)24/h3-6,15,23,26-27H,7-8H2,1-2H3/t15-,21+/m0/s1. The highest BCUT2D eigenvalue weighted by atomic mass is 16.5. The van der Waals surface area contributed by atoms with Crippen LogP contribution in [-0.2, 0) is 11.2 Å². The van der Waals surface area contributed by atoms with E-state index in [-0.39, 0.29) is 46.2 Å². The second-order valence-electron chi connectivity index (χ2n) is 7.27. The molecule has 0 saturated carbocycles. The summed E-state index contributed by atoms with van der Waals surface area (Å²) in [7, 11) is 1.44. The second-order valence-corrected chi connectivity index (χ2v) is 7.27. The Morgan fingerprint density at radius 1 is 1.14 bits per heavy atom. The number of aliphatic hydroxyl groups is 2. The van der Waals surface area contributed by atoms with Gasteiger partial charge in [0.15, 0.2) is 17.3 Å². The van der Waals surface area contributed by atoms with Gasteiger partial charge in [0.25, 0.3) is 0 Å². The van der Waals surface area contributed by atoms with Gasteiger partial charge in [-0.1, -0.05) is 0 Å². The first-order valence-corrected chi connectivity index (χ1v) is 8.75. The molecule has 28 heavy (non-hydrogen) atoms. The average Bonchev–Trinajstić information content (AvgIpc) is 2.64. The Hall–Kier alpha value is -3.03. The fraction of sp³-hybridized carbons (Fsp3) is 0.286. The lowest BCUT2D eigenvalue weighted by Crippen LogP contribution is -2.44. The molecule has 0 fully saturated rings. The molecule has 0 heterocycles. The number of Topliss-reactive ketones (excluding diaryl/α,β-unsaturated/α-hetero) is 1. The largest absolute Gasteiger partial charge is 0.507 e. The third-order valence-electron chi connectivity index (χ3n) is 5.62. The van der Waals surface area contributed by atoms with Gasteiger partial charge in [0.05, 0.1) is 18.8 Å². The molecular weight excluding hydrogens is 364 g/mol. The lowest BCUT2D eigenvalue weighted by Gasteiger charge is -2.36. The Morgan fingerprint density at radius 2 is 1.86 bits per heavy atom. The molecule has 0 aliphatic heterocycles. The number of carbonyl (C=O) groups excluding carboxylic acids is 3. The van der Waals surface area contributed by atoms with E-state index in [9.17, 15) is 29.7 Å². The maximum atomic E-state index is 13.0. The second kappa shape index (κ2) is 5.98. The maximum Gasteiger partial charge on any atom is 0.198 e. The number of ketones is 3. The van der Waals surface area contributed by atoms with Crippen LogP contribution in [0.5, 0.6) is 11.5 Å². The molecule has 7 nitrogen and oxygen atoms in total. The normalized spacial score (nSPS) is 22.9. The quantitative estimate of drug-likeness (QED) is 0.614. The highest BCUT2D eigenvalue weighted by Gasteiger charge is 2.44. The van der Waals surface area contributed by atoms with Gasteiger partial charge in [-0.3, -0.25) is 14.4 Å². The molecule has 2 atom stereocenters. The van der Waals surface area contributed by atoms with Crippen molar-refractivity contribution in [1.82, 2.24) is 0 Å². The van der Waals surface area contributed by atoms with Crippen molar-refractivity contribution in [2.24, 2.45) is 0 Å². The maximum absolute atomic E-state index is 13.0. The van der Waals surface area contributed by atoms with Crippen LogP contribution in [0.2, 0.25) is 0 Å². The molecule has 0 aromatic heterocycles. The molecule has 4 rings (SSSR count). The van der Waals surface area contributed by atoms with Crippen molar-refractivity contribution in [2.45, 2.75) is 31.5 Å². The molecule has 3 N–H and O–H groups in total. The smallest absolute Gasteiger partial charge is 0.198 e. The predicted octanol–water partition coefficient (Wildman–Crippen LogP) is 1.48. The highest BCUT2D eigenvalue weighted by molar-refractivity contribution is 6.29. The van der Waals surface area contributed by atoms with Crippen molar-refractivity contribution >= 4 is 17.3 Å².